The summed E-state index contributed by atoms with van der Waals surface area (Å²) in [5, 5.41) is 3.22. The van der Waals surface area contributed by atoms with Gasteiger partial charge in [-0.25, -0.2) is 4.79 Å². The van der Waals surface area contributed by atoms with E-state index in [1.807, 2.05) is 12.1 Å². The number of rotatable bonds is 5. The van der Waals surface area contributed by atoms with E-state index in [0.717, 1.165) is 11.8 Å². The highest BCUT2D eigenvalue weighted by atomic mass is 35.5. The number of halogens is 1. The minimum Gasteiger partial charge on any atom is -0.444 e. The summed E-state index contributed by atoms with van der Waals surface area (Å²) in [6.45, 7) is 5.32. The lowest BCUT2D eigenvalue weighted by Crippen LogP contribution is -2.40. The molecule has 1 aromatic rings. The van der Waals surface area contributed by atoms with Crippen molar-refractivity contribution in [1.29, 1.82) is 0 Å². The maximum absolute atomic E-state index is 11.6. The molecule has 0 heterocycles. The van der Waals surface area contributed by atoms with Crippen LogP contribution in [0.4, 0.5) is 4.79 Å². The normalized spacial score (nSPS) is 12.6. The molecule has 1 rings (SSSR count). The maximum Gasteiger partial charge on any atom is 0.408 e. The summed E-state index contributed by atoms with van der Waals surface area (Å²) < 4.78 is 5.11. The summed E-state index contributed by atoms with van der Waals surface area (Å²) in [6, 6.07) is 6.85. The van der Waals surface area contributed by atoms with Crippen LogP contribution in [0.25, 0.3) is 0 Å². The van der Waals surface area contributed by atoms with Gasteiger partial charge < -0.3 is 14.8 Å². The van der Waals surface area contributed by atoms with Gasteiger partial charge in [0.05, 0.1) is 6.04 Å². The molecule has 1 N–H and O–H groups in total. The Hall–Kier alpha value is -1.55. The number of nitrogens with one attached hydrogen (secondary N) is 1. The third kappa shape index (κ3) is 6.57. The Labute approximate surface area is 124 Å². The van der Waals surface area contributed by atoms with Gasteiger partial charge in [0.25, 0.3) is 0 Å². The predicted octanol–water partition coefficient (Wildman–Crippen LogP) is 3.36. The Bertz CT molecular complexity index is 451. The fourth-order valence-electron chi connectivity index (χ4n) is 1.61. The Morgan fingerprint density at radius 3 is 2.45 bits per heavy atom. The summed E-state index contributed by atoms with van der Waals surface area (Å²) in [4.78, 5) is 22.6. The number of aryl methyl sites for hydroxylation is 1. The van der Waals surface area contributed by atoms with Crippen LogP contribution in [0.15, 0.2) is 24.3 Å². The standard InChI is InChI=1S/C15H20ClNO3/c1-15(2,3)20-14(19)17-13(10-18)9-6-11-4-7-12(16)8-5-11/h4-5,7-8,10,13H,6,9H2,1-3H3,(H,17,19). The lowest BCUT2D eigenvalue weighted by molar-refractivity contribution is -0.109. The van der Waals surface area contributed by atoms with E-state index in [0.29, 0.717) is 17.9 Å². The Balaban J connectivity index is 2.45. The lowest BCUT2D eigenvalue weighted by atomic mass is 10.1. The van der Waals surface area contributed by atoms with Crippen LogP contribution in [0.3, 0.4) is 0 Å². The molecule has 1 amide bonds. The van der Waals surface area contributed by atoms with Gasteiger partial charge in [0, 0.05) is 5.02 Å². The van der Waals surface area contributed by atoms with E-state index < -0.39 is 17.7 Å². The van der Waals surface area contributed by atoms with Crippen LogP contribution in [0.2, 0.25) is 5.02 Å². The van der Waals surface area contributed by atoms with Crippen molar-refractivity contribution in [2.45, 2.75) is 45.3 Å². The summed E-state index contributed by atoms with van der Waals surface area (Å²) in [5.41, 5.74) is 0.487. The third-order valence-corrected chi connectivity index (χ3v) is 2.78. The van der Waals surface area contributed by atoms with Crippen LogP contribution in [0, 0.1) is 0 Å². The van der Waals surface area contributed by atoms with E-state index >= 15 is 0 Å². The molecule has 1 unspecified atom stereocenters. The van der Waals surface area contributed by atoms with E-state index in [1.165, 1.54) is 0 Å². The largest absolute Gasteiger partial charge is 0.444 e. The van der Waals surface area contributed by atoms with Gasteiger partial charge in [0.15, 0.2) is 0 Å². The highest BCUT2D eigenvalue weighted by Gasteiger charge is 2.19. The van der Waals surface area contributed by atoms with Crippen molar-refractivity contribution in [3.63, 3.8) is 0 Å². The van der Waals surface area contributed by atoms with Gasteiger partial charge in [-0.05, 0) is 51.3 Å². The SMILES string of the molecule is CC(C)(C)OC(=O)NC(C=O)CCc1ccc(Cl)cc1. The van der Waals surface area contributed by atoms with Gasteiger partial charge in [0.2, 0.25) is 0 Å². The zero-order valence-electron chi connectivity index (χ0n) is 12.0. The van der Waals surface area contributed by atoms with Gasteiger partial charge in [-0.15, -0.1) is 0 Å². The molecule has 0 fully saturated rings. The fraction of sp³-hybridized carbons (Fsp3) is 0.467. The summed E-state index contributed by atoms with van der Waals surface area (Å²) in [7, 11) is 0. The molecule has 0 spiro atoms. The Morgan fingerprint density at radius 2 is 1.95 bits per heavy atom. The average molecular weight is 298 g/mol. The lowest BCUT2D eigenvalue weighted by Gasteiger charge is -2.21. The van der Waals surface area contributed by atoms with E-state index in [2.05, 4.69) is 5.32 Å². The van der Waals surface area contributed by atoms with Crippen molar-refractivity contribution in [3.05, 3.63) is 34.9 Å². The first-order valence-electron chi connectivity index (χ1n) is 6.49. The topological polar surface area (TPSA) is 55.4 Å². The summed E-state index contributed by atoms with van der Waals surface area (Å²) >= 11 is 5.80. The van der Waals surface area contributed by atoms with Crippen molar-refractivity contribution < 1.29 is 14.3 Å². The van der Waals surface area contributed by atoms with Crippen LogP contribution in [-0.2, 0) is 16.0 Å². The quantitative estimate of drug-likeness (QED) is 0.848. The molecular formula is C15H20ClNO3. The Kier molecular flexibility index (Phi) is 6.02. The molecule has 0 radical (unpaired) electrons. The van der Waals surface area contributed by atoms with Crippen LogP contribution < -0.4 is 5.32 Å². The second-order valence-corrected chi connectivity index (χ2v) is 5.99. The van der Waals surface area contributed by atoms with E-state index in [9.17, 15) is 9.59 Å². The van der Waals surface area contributed by atoms with E-state index in [-0.39, 0.29) is 0 Å². The van der Waals surface area contributed by atoms with Crippen LogP contribution >= 0.6 is 11.6 Å². The van der Waals surface area contributed by atoms with Crippen LogP contribution in [0.5, 0.6) is 0 Å². The molecule has 0 aliphatic heterocycles. The minimum absolute atomic E-state index is 0.518. The molecule has 0 saturated heterocycles. The third-order valence-electron chi connectivity index (χ3n) is 2.52. The zero-order valence-corrected chi connectivity index (χ0v) is 12.7. The smallest absolute Gasteiger partial charge is 0.408 e. The summed E-state index contributed by atoms with van der Waals surface area (Å²) in [6.07, 6.45) is 1.34. The molecule has 1 atom stereocenters. The van der Waals surface area contributed by atoms with Crippen molar-refractivity contribution in [2.75, 3.05) is 0 Å². The number of carbonyl (C=O) groups is 2. The van der Waals surface area contributed by atoms with Crippen LogP contribution in [0.1, 0.15) is 32.8 Å². The first kappa shape index (κ1) is 16.5. The number of carbonyl (C=O) groups excluding carboxylic acids is 2. The first-order valence-corrected chi connectivity index (χ1v) is 6.87. The van der Waals surface area contributed by atoms with E-state index in [4.69, 9.17) is 16.3 Å². The van der Waals surface area contributed by atoms with Crippen LogP contribution in [-0.4, -0.2) is 24.0 Å². The molecule has 20 heavy (non-hydrogen) atoms. The summed E-state index contributed by atoms with van der Waals surface area (Å²) in [5.74, 6) is 0. The van der Waals surface area contributed by atoms with Crippen molar-refractivity contribution >= 4 is 24.0 Å². The molecule has 0 aliphatic carbocycles. The molecule has 5 heteroatoms. The van der Waals surface area contributed by atoms with Crippen molar-refractivity contribution in [2.24, 2.45) is 0 Å². The molecular weight excluding hydrogens is 278 g/mol. The highest BCUT2D eigenvalue weighted by Crippen LogP contribution is 2.12. The highest BCUT2D eigenvalue weighted by molar-refractivity contribution is 6.30. The molecule has 110 valence electrons. The first-order chi connectivity index (χ1) is 9.30. The van der Waals surface area contributed by atoms with Gasteiger partial charge in [-0.1, -0.05) is 23.7 Å². The number of alkyl carbamates (subject to hydrolysis) is 1. The minimum atomic E-state index is -0.578. The molecule has 0 aliphatic rings. The van der Waals surface area contributed by atoms with Gasteiger partial charge in [0.1, 0.15) is 11.9 Å². The maximum atomic E-state index is 11.6. The van der Waals surface area contributed by atoms with Gasteiger partial charge in [-0.3, -0.25) is 0 Å². The number of hydrogen-bond acceptors (Lipinski definition) is 3. The van der Waals surface area contributed by atoms with Crippen molar-refractivity contribution in [1.82, 2.24) is 5.32 Å². The number of hydrogen-bond donors (Lipinski definition) is 1. The number of benzene rings is 1. The van der Waals surface area contributed by atoms with E-state index in [1.54, 1.807) is 32.9 Å². The molecule has 0 saturated carbocycles. The van der Waals surface area contributed by atoms with Gasteiger partial charge >= 0.3 is 6.09 Å². The number of amides is 1. The number of aldehydes is 1. The zero-order chi connectivity index (χ0) is 15.2. The van der Waals surface area contributed by atoms with Gasteiger partial charge in [-0.2, -0.15) is 0 Å². The average Bonchev–Trinajstić information content (AvgIpc) is 2.34. The molecule has 1 aromatic carbocycles. The number of ether oxygens (including phenoxy) is 1. The molecule has 0 bridgehead atoms. The fourth-order valence-corrected chi connectivity index (χ4v) is 1.73. The monoisotopic (exact) mass is 297 g/mol. The second-order valence-electron chi connectivity index (χ2n) is 5.55. The second kappa shape index (κ2) is 7.29. The Morgan fingerprint density at radius 1 is 1.35 bits per heavy atom. The molecule has 4 nitrogen and oxygen atoms in total. The predicted molar refractivity (Wildman–Crippen MR) is 79.0 cm³/mol. The molecule has 0 aromatic heterocycles. The van der Waals surface area contributed by atoms with Crippen molar-refractivity contribution in [3.8, 4) is 0 Å².